The van der Waals surface area contributed by atoms with Crippen LogP contribution in [0.3, 0.4) is 0 Å². The van der Waals surface area contributed by atoms with Gasteiger partial charge in [0.1, 0.15) is 6.04 Å². The van der Waals surface area contributed by atoms with E-state index < -0.39 is 27.5 Å². The van der Waals surface area contributed by atoms with Gasteiger partial charge in [0, 0.05) is 39.2 Å². The molecule has 3 atom stereocenters. The van der Waals surface area contributed by atoms with Gasteiger partial charge < -0.3 is 9.67 Å². The Morgan fingerprint density at radius 3 is 2.56 bits per heavy atom. The van der Waals surface area contributed by atoms with Gasteiger partial charge in [0.05, 0.1) is 18.2 Å². The number of nitrogens with zero attached hydrogens (tertiary/aromatic N) is 3. The topological polar surface area (TPSA) is 106 Å². The minimum Gasteiger partial charge on any atom is -0.435 e. The third-order valence-electron chi connectivity index (χ3n) is 4.67. The van der Waals surface area contributed by atoms with Crippen molar-refractivity contribution in [3.8, 4) is 0 Å². The Morgan fingerprint density at radius 1 is 1.44 bits per heavy atom. The molecule has 1 N–H and O–H groups in total. The SMILES string of the molecule is CC(=O)SC(CC(=O)[N+]1(C(=O)O)CCC[C@H]1C)C(=O)c1nccn1C. The minimum atomic E-state index is -1.20. The fraction of sp³-hybridized carbons (Fsp3) is 0.562. The number of imidazole rings is 1. The summed E-state index contributed by atoms with van der Waals surface area (Å²) in [6, 6.07) is -0.351. The lowest BCUT2D eigenvalue weighted by Gasteiger charge is -2.30. The van der Waals surface area contributed by atoms with Crippen LogP contribution >= 0.6 is 11.8 Å². The summed E-state index contributed by atoms with van der Waals surface area (Å²) in [7, 11) is 1.64. The van der Waals surface area contributed by atoms with E-state index >= 15 is 0 Å². The lowest BCUT2D eigenvalue weighted by Crippen LogP contribution is -2.59. The molecule has 2 rings (SSSR count). The van der Waals surface area contributed by atoms with Crippen molar-refractivity contribution in [3.05, 3.63) is 18.2 Å². The molecule has 2 heterocycles. The zero-order valence-corrected chi connectivity index (χ0v) is 15.3. The summed E-state index contributed by atoms with van der Waals surface area (Å²) in [6.07, 6.45) is 2.81. The molecule has 0 bridgehead atoms. The van der Waals surface area contributed by atoms with Crippen LogP contribution in [-0.2, 0) is 16.6 Å². The monoisotopic (exact) mass is 368 g/mol. The standard InChI is InChI=1S/C16H21N3O5S/c1-10-5-4-8-19(10,16(23)24)13(21)9-12(25-11(2)20)14(22)15-17-6-7-18(15)3/h6-7,10,12H,4-5,8-9H2,1-3H3/p+1/t10-,12?,19?/m1/s1. The van der Waals surface area contributed by atoms with Gasteiger partial charge in [0.25, 0.3) is 0 Å². The largest absolute Gasteiger partial charge is 0.521 e. The second kappa shape index (κ2) is 7.49. The van der Waals surface area contributed by atoms with Crippen molar-refractivity contribution in [1.82, 2.24) is 9.55 Å². The van der Waals surface area contributed by atoms with Gasteiger partial charge in [-0.25, -0.2) is 9.78 Å². The number of imide groups is 1. The number of amides is 2. The Balaban J connectivity index is 2.29. The highest BCUT2D eigenvalue weighted by Gasteiger charge is 2.53. The number of ketones is 1. The van der Waals surface area contributed by atoms with Gasteiger partial charge >= 0.3 is 12.0 Å². The van der Waals surface area contributed by atoms with Crippen molar-refractivity contribution < 1.29 is 28.8 Å². The molecule has 1 fully saturated rings. The van der Waals surface area contributed by atoms with Crippen molar-refractivity contribution in [2.24, 2.45) is 7.05 Å². The summed E-state index contributed by atoms with van der Waals surface area (Å²) in [5, 5.41) is 8.36. The second-order valence-electron chi connectivity index (χ2n) is 6.29. The molecule has 136 valence electrons. The van der Waals surface area contributed by atoms with Crippen molar-refractivity contribution in [2.45, 2.75) is 44.4 Å². The molecule has 1 aliphatic heterocycles. The van der Waals surface area contributed by atoms with Crippen LogP contribution in [0.1, 0.15) is 43.7 Å². The molecule has 1 aliphatic rings. The Bertz CT molecular complexity index is 716. The zero-order valence-electron chi connectivity index (χ0n) is 14.5. The molecule has 0 radical (unpaired) electrons. The number of likely N-dealkylation sites (tertiary alicyclic amines) is 1. The Labute approximate surface area is 149 Å². The third kappa shape index (κ3) is 3.67. The third-order valence-corrected chi connectivity index (χ3v) is 5.67. The number of thioether (sulfide) groups is 1. The van der Waals surface area contributed by atoms with Crippen LogP contribution < -0.4 is 0 Å². The molecule has 2 unspecified atom stereocenters. The fourth-order valence-corrected chi connectivity index (χ4v) is 4.13. The van der Waals surface area contributed by atoms with Gasteiger partial charge in [-0.3, -0.25) is 9.59 Å². The van der Waals surface area contributed by atoms with Gasteiger partial charge in [0.2, 0.25) is 5.78 Å². The molecule has 1 aromatic heterocycles. The first kappa shape index (κ1) is 19.3. The summed E-state index contributed by atoms with van der Waals surface area (Å²) in [5.74, 6) is -0.849. The van der Waals surface area contributed by atoms with E-state index in [1.807, 2.05) is 0 Å². The summed E-state index contributed by atoms with van der Waals surface area (Å²) < 4.78 is 0.837. The van der Waals surface area contributed by atoms with Crippen LogP contribution in [0.25, 0.3) is 0 Å². The number of rotatable bonds is 5. The molecule has 0 spiro atoms. The van der Waals surface area contributed by atoms with Crippen LogP contribution in [-0.4, -0.2) is 59.9 Å². The van der Waals surface area contributed by atoms with Gasteiger partial charge in [-0.1, -0.05) is 11.8 Å². The number of Topliss-reactive ketones (excluding diaryl/α,β-unsaturated/α-hetero) is 1. The number of carbonyl (C=O) groups excluding carboxylic acids is 3. The Kier molecular flexibility index (Phi) is 5.79. The molecule has 0 aromatic carbocycles. The molecule has 1 saturated heterocycles. The van der Waals surface area contributed by atoms with Crippen LogP contribution in [0.4, 0.5) is 4.79 Å². The predicted octanol–water partition coefficient (Wildman–Crippen LogP) is 1.84. The van der Waals surface area contributed by atoms with E-state index in [1.165, 1.54) is 17.7 Å². The van der Waals surface area contributed by atoms with E-state index in [0.29, 0.717) is 12.8 Å². The van der Waals surface area contributed by atoms with E-state index in [2.05, 4.69) is 4.98 Å². The highest BCUT2D eigenvalue weighted by Crippen LogP contribution is 2.31. The maximum absolute atomic E-state index is 12.9. The first-order valence-corrected chi connectivity index (χ1v) is 8.91. The summed E-state index contributed by atoms with van der Waals surface area (Å²) in [6.45, 7) is 3.25. The van der Waals surface area contributed by atoms with Gasteiger partial charge in [-0.15, -0.1) is 0 Å². The van der Waals surface area contributed by atoms with Crippen LogP contribution in [0.5, 0.6) is 0 Å². The summed E-state index contributed by atoms with van der Waals surface area (Å²) in [5.41, 5.74) is 0. The number of hydrogen-bond donors (Lipinski definition) is 1. The van der Waals surface area contributed by atoms with E-state index in [0.717, 1.165) is 11.8 Å². The molecule has 9 heteroatoms. The van der Waals surface area contributed by atoms with Crippen molar-refractivity contribution in [2.75, 3.05) is 6.54 Å². The molecule has 8 nitrogen and oxygen atoms in total. The van der Waals surface area contributed by atoms with E-state index in [-0.39, 0.29) is 29.9 Å². The maximum Gasteiger partial charge on any atom is 0.521 e. The predicted molar refractivity (Wildman–Crippen MR) is 91.1 cm³/mol. The summed E-state index contributed by atoms with van der Waals surface area (Å²) in [4.78, 5) is 52.9. The van der Waals surface area contributed by atoms with Crippen molar-refractivity contribution >= 4 is 34.7 Å². The number of carbonyl (C=O) groups is 4. The zero-order chi connectivity index (χ0) is 18.8. The van der Waals surface area contributed by atoms with Crippen molar-refractivity contribution in [1.29, 1.82) is 0 Å². The number of aryl methyl sites for hydroxylation is 1. The number of aromatic nitrogens is 2. The highest BCUT2D eigenvalue weighted by atomic mass is 32.2. The lowest BCUT2D eigenvalue weighted by atomic mass is 10.1. The first-order valence-electron chi connectivity index (χ1n) is 8.03. The molecule has 0 aliphatic carbocycles. The van der Waals surface area contributed by atoms with E-state index in [4.69, 9.17) is 0 Å². The van der Waals surface area contributed by atoms with Gasteiger partial charge in [0.15, 0.2) is 10.9 Å². The van der Waals surface area contributed by atoms with Crippen LogP contribution in [0.2, 0.25) is 0 Å². The number of hydrogen-bond acceptors (Lipinski definition) is 6. The molecule has 2 amide bonds. The molecular weight excluding hydrogens is 346 g/mol. The molecule has 0 saturated carbocycles. The average molecular weight is 368 g/mol. The number of carboxylic acid groups (broad SMARTS) is 1. The normalized spacial score (nSPS) is 24.0. The van der Waals surface area contributed by atoms with Crippen LogP contribution in [0, 0.1) is 0 Å². The second-order valence-corrected chi connectivity index (χ2v) is 7.67. The quantitative estimate of drug-likeness (QED) is 0.624. The molecule has 25 heavy (non-hydrogen) atoms. The highest BCUT2D eigenvalue weighted by molar-refractivity contribution is 8.14. The maximum atomic E-state index is 12.9. The molecule has 1 aromatic rings. The summed E-state index contributed by atoms with van der Waals surface area (Å²) >= 11 is 0.748. The van der Waals surface area contributed by atoms with Gasteiger partial charge in [-0.05, 0) is 6.92 Å². The smallest absolute Gasteiger partial charge is 0.435 e. The molecular formula is C16H22N3O5S+. The van der Waals surface area contributed by atoms with Crippen LogP contribution in [0.15, 0.2) is 12.4 Å². The first-order chi connectivity index (χ1) is 11.7. The average Bonchev–Trinajstić information content (AvgIpc) is 3.11. The van der Waals surface area contributed by atoms with Gasteiger partial charge in [-0.2, -0.15) is 9.28 Å². The Morgan fingerprint density at radius 2 is 2.12 bits per heavy atom. The Hall–Kier alpha value is -2.00. The number of quaternary nitrogens is 1. The lowest BCUT2D eigenvalue weighted by molar-refractivity contribution is -0.792. The van der Waals surface area contributed by atoms with E-state index in [1.54, 1.807) is 20.2 Å². The fourth-order valence-electron chi connectivity index (χ4n) is 3.29. The van der Waals surface area contributed by atoms with Crippen molar-refractivity contribution in [3.63, 3.8) is 0 Å². The minimum absolute atomic E-state index is 0.142. The van der Waals surface area contributed by atoms with E-state index in [9.17, 15) is 24.3 Å².